The summed E-state index contributed by atoms with van der Waals surface area (Å²) in [4.78, 5) is 11.6. The Hall–Kier alpha value is -2.22. The molecule has 0 unspecified atom stereocenters. The van der Waals surface area contributed by atoms with E-state index in [9.17, 15) is 15.0 Å². The van der Waals surface area contributed by atoms with Gasteiger partial charge in [0.1, 0.15) is 11.5 Å². The van der Waals surface area contributed by atoms with Crippen molar-refractivity contribution in [3.05, 3.63) is 23.8 Å². The summed E-state index contributed by atoms with van der Waals surface area (Å²) in [6, 6.07) is 3.65. The van der Waals surface area contributed by atoms with Crippen LogP contribution in [0.25, 0.3) is 0 Å². The summed E-state index contributed by atoms with van der Waals surface area (Å²) in [7, 11) is 0. The lowest BCUT2D eigenvalue weighted by molar-refractivity contribution is 0.102. The van der Waals surface area contributed by atoms with Gasteiger partial charge in [-0.05, 0) is 23.4 Å². The first-order valence-corrected chi connectivity index (χ1v) is 4.92. The van der Waals surface area contributed by atoms with E-state index in [-0.39, 0.29) is 22.2 Å². The zero-order chi connectivity index (χ0) is 11.5. The first-order chi connectivity index (χ1) is 7.66. The van der Waals surface area contributed by atoms with Crippen LogP contribution in [0.15, 0.2) is 18.2 Å². The summed E-state index contributed by atoms with van der Waals surface area (Å²) < 4.78 is 3.46. The Labute approximate surface area is 93.5 Å². The quantitative estimate of drug-likeness (QED) is 0.661. The number of hydrogen-bond donors (Lipinski definition) is 3. The number of carbonyl (C=O) groups excluding carboxylic acids is 1. The van der Waals surface area contributed by atoms with Crippen LogP contribution in [0, 0.1) is 0 Å². The lowest BCUT2D eigenvalue weighted by Gasteiger charge is -2.03. The van der Waals surface area contributed by atoms with Gasteiger partial charge in [-0.15, -0.1) is 0 Å². The zero-order valence-electron chi connectivity index (χ0n) is 7.78. The van der Waals surface area contributed by atoms with E-state index in [1.165, 1.54) is 12.1 Å². The molecule has 0 saturated carbocycles. The molecule has 0 atom stereocenters. The number of amides is 1. The predicted molar refractivity (Wildman–Crippen MR) is 55.4 cm³/mol. The van der Waals surface area contributed by atoms with Crippen LogP contribution in [-0.2, 0) is 0 Å². The molecule has 1 aromatic carbocycles. The third-order valence-electron chi connectivity index (χ3n) is 1.74. The van der Waals surface area contributed by atoms with Crippen LogP contribution in [0.1, 0.15) is 10.4 Å². The summed E-state index contributed by atoms with van der Waals surface area (Å²) in [5.74, 6) is -0.932. The molecule has 0 fully saturated rings. The van der Waals surface area contributed by atoms with Crippen LogP contribution in [0.2, 0.25) is 0 Å². The predicted octanol–water partition coefficient (Wildman–Crippen LogP) is 0.597. The summed E-state index contributed by atoms with van der Waals surface area (Å²) >= 11 is 0.908. The molecule has 16 heavy (non-hydrogen) atoms. The molecule has 0 aliphatic heterocycles. The summed E-state index contributed by atoms with van der Waals surface area (Å²) in [6.07, 6.45) is 0. The third-order valence-corrected chi connectivity index (χ3v) is 2.26. The number of rotatable bonds is 2. The van der Waals surface area contributed by atoms with E-state index in [4.69, 9.17) is 0 Å². The van der Waals surface area contributed by atoms with E-state index < -0.39 is 5.91 Å². The maximum atomic E-state index is 11.6. The number of benzene rings is 1. The fourth-order valence-electron chi connectivity index (χ4n) is 1.05. The second kappa shape index (κ2) is 4.11. The number of aromatic hydroxyl groups is 2. The Kier molecular flexibility index (Phi) is 2.64. The Morgan fingerprint density at radius 1 is 1.38 bits per heavy atom. The Balaban J connectivity index is 2.24. The van der Waals surface area contributed by atoms with Gasteiger partial charge in [-0.25, -0.2) is 0 Å². The Morgan fingerprint density at radius 3 is 2.88 bits per heavy atom. The molecule has 0 bridgehead atoms. The molecule has 7 nitrogen and oxygen atoms in total. The fourth-order valence-corrected chi connectivity index (χ4v) is 1.41. The highest BCUT2D eigenvalue weighted by atomic mass is 32.1. The largest absolute Gasteiger partial charge is 0.508 e. The maximum absolute atomic E-state index is 11.6. The Morgan fingerprint density at radius 2 is 2.19 bits per heavy atom. The van der Waals surface area contributed by atoms with E-state index >= 15 is 0 Å². The SMILES string of the molecule is O=C(Nc1nnns1)c1cc(O)ccc1O. The lowest BCUT2D eigenvalue weighted by Crippen LogP contribution is -2.11. The number of phenols is 2. The number of phenolic OH excluding ortho intramolecular Hbond substituents is 2. The minimum absolute atomic E-state index is 0.0461. The first kappa shape index (κ1) is 10.3. The van der Waals surface area contributed by atoms with Gasteiger partial charge in [-0.3, -0.25) is 10.1 Å². The molecule has 0 saturated heterocycles. The topological polar surface area (TPSA) is 108 Å². The molecule has 0 radical (unpaired) electrons. The molecular formula is C8H6N4O3S. The van der Waals surface area contributed by atoms with Gasteiger partial charge < -0.3 is 10.2 Å². The van der Waals surface area contributed by atoms with Gasteiger partial charge in [0.25, 0.3) is 5.91 Å². The van der Waals surface area contributed by atoms with Crippen molar-refractivity contribution < 1.29 is 15.0 Å². The molecule has 0 spiro atoms. The number of anilines is 1. The lowest BCUT2D eigenvalue weighted by atomic mass is 10.2. The molecular weight excluding hydrogens is 232 g/mol. The van der Waals surface area contributed by atoms with Gasteiger partial charge >= 0.3 is 0 Å². The second-order valence-corrected chi connectivity index (χ2v) is 3.56. The normalized spacial score (nSPS) is 10.0. The van der Waals surface area contributed by atoms with Crippen LogP contribution in [0.4, 0.5) is 5.13 Å². The van der Waals surface area contributed by atoms with Crippen molar-refractivity contribution in [2.45, 2.75) is 0 Å². The minimum Gasteiger partial charge on any atom is -0.508 e. The van der Waals surface area contributed by atoms with Gasteiger partial charge in [0.15, 0.2) is 0 Å². The van der Waals surface area contributed by atoms with Crippen molar-refractivity contribution in [2.24, 2.45) is 0 Å². The number of hydrogen-bond acceptors (Lipinski definition) is 7. The molecule has 2 aromatic rings. The zero-order valence-corrected chi connectivity index (χ0v) is 8.60. The molecule has 0 aliphatic rings. The van der Waals surface area contributed by atoms with Crippen LogP contribution < -0.4 is 5.32 Å². The van der Waals surface area contributed by atoms with Crippen LogP contribution in [0.5, 0.6) is 11.5 Å². The standard InChI is InChI=1S/C8H6N4O3S/c13-4-1-2-6(14)5(3-4)7(15)9-8-10-11-12-16-8/h1-3,13-14H,(H,9,10,12,15). The highest BCUT2D eigenvalue weighted by Crippen LogP contribution is 2.23. The average molecular weight is 238 g/mol. The molecule has 82 valence electrons. The second-order valence-electron chi connectivity index (χ2n) is 2.82. The van der Waals surface area contributed by atoms with Gasteiger partial charge in [0, 0.05) is 11.5 Å². The highest BCUT2D eigenvalue weighted by molar-refractivity contribution is 7.09. The van der Waals surface area contributed by atoms with Crippen molar-refractivity contribution >= 4 is 22.6 Å². The smallest absolute Gasteiger partial charge is 0.261 e. The number of nitrogens with zero attached hydrogens (tertiary/aromatic N) is 3. The fraction of sp³-hybridized carbons (Fsp3) is 0. The van der Waals surface area contributed by atoms with Gasteiger partial charge in [0.2, 0.25) is 5.13 Å². The van der Waals surface area contributed by atoms with Crippen LogP contribution in [-0.4, -0.2) is 30.9 Å². The van der Waals surface area contributed by atoms with Gasteiger partial charge in [-0.2, -0.15) is 0 Å². The molecule has 3 N–H and O–H groups in total. The third kappa shape index (κ3) is 2.06. The van der Waals surface area contributed by atoms with Crippen molar-refractivity contribution in [2.75, 3.05) is 5.32 Å². The summed E-state index contributed by atoms with van der Waals surface area (Å²) in [5.41, 5.74) is -0.0461. The van der Waals surface area contributed by atoms with Crippen molar-refractivity contribution in [1.82, 2.24) is 14.8 Å². The first-order valence-electron chi connectivity index (χ1n) is 4.15. The molecule has 1 amide bonds. The van der Waals surface area contributed by atoms with Crippen molar-refractivity contribution in [1.29, 1.82) is 0 Å². The minimum atomic E-state index is -0.591. The van der Waals surface area contributed by atoms with Gasteiger partial charge in [0.05, 0.1) is 5.56 Å². The van der Waals surface area contributed by atoms with Crippen molar-refractivity contribution in [3.63, 3.8) is 0 Å². The molecule has 1 heterocycles. The van der Waals surface area contributed by atoms with E-state index in [1.807, 2.05) is 0 Å². The van der Waals surface area contributed by atoms with E-state index in [1.54, 1.807) is 0 Å². The van der Waals surface area contributed by atoms with Crippen LogP contribution >= 0.6 is 11.5 Å². The molecule has 2 rings (SSSR count). The van der Waals surface area contributed by atoms with Crippen molar-refractivity contribution in [3.8, 4) is 11.5 Å². The Bertz CT molecular complexity index is 514. The maximum Gasteiger partial charge on any atom is 0.261 e. The average Bonchev–Trinajstić information content (AvgIpc) is 2.74. The number of aromatic nitrogens is 3. The summed E-state index contributed by atoms with van der Waals surface area (Å²) in [5, 5.41) is 28.0. The van der Waals surface area contributed by atoms with E-state index in [0.717, 1.165) is 17.6 Å². The van der Waals surface area contributed by atoms with Crippen LogP contribution in [0.3, 0.4) is 0 Å². The number of carbonyl (C=O) groups is 1. The highest BCUT2D eigenvalue weighted by Gasteiger charge is 2.13. The molecule has 0 aliphatic carbocycles. The molecule has 8 heteroatoms. The van der Waals surface area contributed by atoms with E-state index in [2.05, 4.69) is 20.1 Å². The van der Waals surface area contributed by atoms with E-state index in [0.29, 0.717) is 0 Å². The number of nitrogens with one attached hydrogen (secondary N) is 1. The van der Waals surface area contributed by atoms with Gasteiger partial charge in [-0.1, -0.05) is 9.59 Å². The summed E-state index contributed by atoms with van der Waals surface area (Å²) in [6.45, 7) is 0. The monoisotopic (exact) mass is 238 g/mol. The molecule has 1 aromatic heterocycles.